The van der Waals surface area contributed by atoms with Crippen molar-refractivity contribution in [3.05, 3.63) is 0 Å². The van der Waals surface area contributed by atoms with Gasteiger partial charge in [-0.25, -0.2) is 4.79 Å². The minimum absolute atomic E-state index is 0.271. The Morgan fingerprint density at radius 2 is 1.33 bits per heavy atom. The van der Waals surface area contributed by atoms with Crippen molar-refractivity contribution in [1.82, 2.24) is 0 Å². The van der Waals surface area contributed by atoms with Crippen LogP contribution in [-0.2, 0) is 9.53 Å². The normalized spacial score (nSPS) is 14.4. The number of carbonyl (C=O) groups is 1. The molecule has 0 aromatic heterocycles. The van der Waals surface area contributed by atoms with Gasteiger partial charge in [-0.3, -0.25) is 0 Å². The summed E-state index contributed by atoms with van der Waals surface area (Å²) in [6, 6.07) is 0. The standard InChI is InChI=1S/C21H39F3O3/c1-4-5-6-7-8-9-10-11-15-18(25)19(16-13-12-14-17(2)3)27-20(26)21(22,23)24/h17-19,25H,4-16H2,1-3H3. The third-order valence-electron chi connectivity index (χ3n) is 4.79. The molecule has 0 aromatic carbocycles. The molecule has 0 spiro atoms. The van der Waals surface area contributed by atoms with Gasteiger partial charge in [0.05, 0.1) is 6.10 Å². The number of unbranched alkanes of at least 4 members (excludes halogenated alkanes) is 8. The largest absolute Gasteiger partial charge is 0.490 e. The van der Waals surface area contributed by atoms with E-state index in [4.69, 9.17) is 0 Å². The van der Waals surface area contributed by atoms with E-state index in [9.17, 15) is 23.1 Å². The van der Waals surface area contributed by atoms with Crippen molar-refractivity contribution in [1.29, 1.82) is 0 Å². The smallest absolute Gasteiger partial charge is 0.453 e. The molecule has 3 nitrogen and oxygen atoms in total. The van der Waals surface area contributed by atoms with Gasteiger partial charge in [0, 0.05) is 0 Å². The summed E-state index contributed by atoms with van der Waals surface area (Å²) in [6.07, 6.45) is 4.78. The van der Waals surface area contributed by atoms with Gasteiger partial charge in [-0.1, -0.05) is 85.0 Å². The third kappa shape index (κ3) is 14.9. The Hall–Kier alpha value is -0.780. The topological polar surface area (TPSA) is 46.5 Å². The van der Waals surface area contributed by atoms with E-state index in [1.54, 1.807) is 0 Å². The molecule has 2 atom stereocenters. The van der Waals surface area contributed by atoms with Crippen LogP contribution in [-0.4, -0.2) is 29.5 Å². The lowest BCUT2D eigenvalue weighted by molar-refractivity contribution is -0.209. The highest BCUT2D eigenvalue weighted by Crippen LogP contribution is 2.23. The maximum Gasteiger partial charge on any atom is 0.490 e. The lowest BCUT2D eigenvalue weighted by Crippen LogP contribution is -2.36. The van der Waals surface area contributed by atoms with Gasteiger partial charge in [0.2, 0.25) is 0 Å². The molecule has 0 bridgehead atoms. The van der Waals surface area contributed by atoms with Crippen LogP contribution in [0.1, 0.15) is 104 Å². The first-order valence-electron chi connectivity index (χ1n) is 10.6. The molecule has 2 unspecified atom stereocenters. The van der Waals surface area contributed by atoms with Gasteiger partial charge in [-0.2, -0.15) is 13.2 Å². The number of aliphatic hydroxyl groups is 1. The molecule has 0 aliphatic heterocycles. The molecule has 27 heavy (non-hydrogen) atoms. The molecule has 0 aliphatic carbocycles. The lowest BCUT2D eigenvalue weighted by Gasteiger charge is -2.24. The quantitative estimate of drug-likeness (QED) is 0.237. The van der Waals surface area contributed by atoms with Crippen molar-refractivity contribution in [3.8, 4) is 0 Å². The Morgan fingerprint density at radius 3 is 1.85 bits per heavy atom. The first-order chi connectivity index (χ1) is 12.7. The fraction of sp³-hybridized carbons (Fsp3) is 0.952. The molecule has 0 amide bonds. The number of rotatable bonds is 16. The van der Waals surface area contributed by atoms with Gasteiger partial charge in [0.25, 0.3) is 0 Å². The van der Waals surface area contributed by atoms with Crippen LogP contribution < -0.4 is 0 Å². The van der Waals surface area contributed by atoms with Crippen molar-refractivity contribution in [3.63, 3.8) is 0 Å². The zero-order valence-corrected chi connectivity index (χ0v) is 17.3. The van der Waals surface area contributed by atoms with Crippen molar-refractivity contribution < 1.29 is 27.8 Å². The molecule has 6 heteroatoms. The molecule has 0 aromatic rings. The fourth-order valence-electron chi connectivity index (χ4n) is 3.11. The summed E-state index contributed by atoms with van der Waals surface area (Å²) in [5, 5.41) is 10.3. The van der Waals surface area contributed by atoms with Gasteiger partial charge in [0.15, 0.2) is 0 Å². The van der Waals surface area contributed by atoms with Crippen LogP contribution in [0, 0.1) is 5.92 Å². The average Bonchev–Trinajstić information content (AvgIpc) is 2.58. The van der Waals surface area contributed by atoms with Crippen LogP contribution in [0.4, 0.5) is 13.2 Å². The van der Waals surface area contributed by atoms with Crippen LogP contribution in [0.2, 0.25) is 0 Å². The molecule has 0 fully saturated rings. The number of esters is 1. The third-order valence-corrected chi connectivity index (χ3v) is 4.79. The monoisotopic (exact) mass is 396 g/mol. The van der Waals surface area contributed by atoms with E-state index in [2.05, 4.69) is 25.5 Å². The molecular formula is C21H39F3O3. The fourth-order valence-corrected chi connectivity index (χ4v) is 3.11. The summed E-state index contributed by atoms with van der Waals surface area (Å²) in [6.45, 7) is 6.34. The number of aliphatic hydroxyl groups excluding tert-OH is 1. The highest BCUT2D eigenvalue weighted by Gasteiger charge is 2.43. The zero-order chi connectivity index (χ0) is 20.7. The van der Waals surface area contributed by atoms with Crippen molar-refractivity contribution in [2.45, 2.75) is 123 Å². The Kier molecular flexibility index (Phi) is 14.7. The van der Waals surface area contributed by atoms with E-state index in [-0.39, 0.29) is 6.42 Å². The summed E-state index contributed by atoms with van der Waals surface area (Å²) >= 11 is 0. The van der Waals surface area contributed by atoms with Gasteiger partial charge in [0.1, 0.15) is 6.10 Å². The van der Waals surface area contributed by atoms with Gasteiger partial charge in [-0.15, -0.1) is 0 Å². The molecule has 0 saturated heterocycles. The van der Waals surface area contributed by atoms with Crippen molar-refractivity contribution in [2.75, 3.05) is 0 Å². The molecule has 0 radical (unpaired) electrons. The van der Waals surface area contributed by atoms with E-state index >= 15 is 0 Å². The van der Waals surface area contributed by atoms with Crippen LogP contribution in [0.15, 0.2) is 0 Å². The van der Waals surface area contributed by atoms with E-state index in [1.807, 2.05) is 0 Å². The van der Waals surface area contributed by atoms with Gasteiger partial charge < -0.3 is 9.84 Å². The van der Waals surface area contributed by atoms with Gasteiger partial charge in [-0.05, 0) is 25.2 Å². The molecule has 0 heterocycles. The van der Waals surface area contributed by atoms with Crippen molar-refractivity contribution >= 4 is 5.97 Å². The summed E-state index contributed by atoms with van der Waals surface area (Å²) in [4.78, 5) is 11.2. The van der Waals surface area contributed by atoms with E-state index in [0.29, 0.717) is 18.8 Å². The Balaban J connectivity index is 4.25. The molecule has 1 N–H and O–H groups in total. The molecule has 0 saturated carbocycles. The maximum atomic E-state index is 12.5. The predicted molar refractivity (Wildman–Crippen MR) is 102 cm³/mol. The van der Waals surface area contributed by atoms with Crippen LogP contribution in [0.25, 0.3) is 0 Å². The molecule has 162 valence electrons. The van der Waals surface area contributed by atoms with Crippen LogP contribution >= 0.6 is 0 Å². The molecule has 0 rings (SSSR count). The maximum absolute atomic E-state index is 12.5. The summed E-state index contributed by atoms with van der Waals surface area (Å²) in [5.74, 6) is -1.69. The average molecular weight is 397 g/mol. The van der Waals surface area contributed by atoms with E-state index < -0.39 is 24.4 Å². The number of alkyl halides is 3. The molecular weight excluding hydrogens is 357 g/mol. The predicted octanol–water partition coefficient (Wildman–Crippen LogP) is 6.57. The Morgan fingerprint density at radius 1 is 0.852 bits per heavy atom. The van der Waals surface area contributed by atoms with E-state index in [1.165, 1.54) is 25.7 Å². The highest BCUT2D eigenvalue weighted by molar-refractivity contribution is 5.75. The second-order valence-corrected chi connectivity index (χ2v) is 7.95. The second kappa shape index (κ2) is 15.2. The van der Waals surface area contributed by atoms with Crippen molar-refractivity contribution in [2.24, 2.45) is 5.92 Å². The number of carbonyl (C=O) groups excluding carboxylic acids is 1. The number of ether oxygens (including phenoxy) is 1. The summed E-state index contributed by atoms with van der Waals surface area (Å²) in [5.41, 5.74) is 0. The summed E-state index contributed by atoms with van der Waals surface area (Å²) < 4.78 is 42.1. The second-order valence-electron chi connectivity index (χ2n) is 7.95. The van der Waals surface area contributed by atoms with Crippen LogP contribution in [0.5, 0.6) is 0 Å². The Labute approximate surface area is 163 Å². The minimum atomic E-state index is -5.02. The first kappa shape index (κ1) is 26.2. The first-order valence-corrected chi connectivity index (χ1v) is 10.6. The van der Waals surface area contributed by atoms with E-state index in [0.717, 1.165) is 38.5 Å². The zero-order valence-electron chi connectivity index (χ0n) is 17.3. The summed E-state index contributed by atoms with van der Waals surface area (Å²) in [7, 11) is 0. The highest BCUT2D eigenvalue weighted by atomic mass is 19.4. The van der Waals surface area contributed by atoms with Crippen LogP contribution in [0.3, 0.4) is 0 Å². The lowest BCUT2D eigenvalue weighted by atomic mass is 9.98. The molecule has 0 aliphatic rings. The SMILES string of the molecule is CCCCCCCCCCC(O)C(CCCCC(C)C)OC(=O)C(F)(F)F. The minimum Gasteiger partial charge on any atom is -0.453 e. The Bertz CT molecular complexity index is 370. The number of halogens is 3. The van der Waals surface area contributed by atoms with Gasteiger partial charge >= 0.3 is 12.1 Å². The number of hydrogen-bond donors (Lipinski definition) is 1. The number of hydrogen-bond acceptors (Lipinski definition) is 3.